The van der Waals surface area contributed by atoms with Crippen molar-refractivity contribution in [2.45, 2.75) is 39.1 Å². The predicted octanol–water partition coefficient (Wildman–Crippen LogP) is -0.188. The maximum absolute atomic E-state index is 11.0. The molecular formula is C11H16O7. The van der Waals surface area contributed by atoms with Crippen molar-refractivity contribution in [2.24, 2.45) is 0 Å². The summed E-state index contributed by atoms with van der Waals surface area (Å²) in [6.45, 7) is 3.89. The largest absolute Gasteiger partial charge is 0.456 e. The first-order valence-corrected chi connectivity index (χ1v) is 5.49. The number of hydrogen-bond acceptors (Lipinski definition) is 7. The van der Waals surface area contributed by atoms with Crippen LogP contribution < -0.4 is 0 Å². The van der Waals surface area contributed by atoms with Crippen molar-refractivity contribution in [3.8, 4) is 0 Å². The second kappa shape index (κ2) is 6.34. The lowest BCUT2D eigenvalue weighted by Crippen LogP contribution is -2.53. The predicted molar refractivity (Wildman–Crippen MR) is 57.5 cm³/mol. The van der Waals surface area contributed by atoms with Crippen LogP contribution in [0, 0.1) is 0 Å². The quantitative estimate of drug-likeness (QED) is 0.513. The van der Waals surface area contributed by atoms with Crippen LogP contribution in [0.5, 0.6) is 0 Å². The Labute approximate surface area is 104 Å². The standard InChI is InChI=1S/C11H16O7/c1-6(12)16-9-4-15-5-10(17-7(2)13)11(9)18-8(3)14/h9-11H,4-5H2,1-3H3. The van der Waals surface area contributed by atoms with Gasteiger partial charge in [0.25, 0.3) is 0 Å². The Balaban J connectivity index is 2.78. The lowest BCUT2D eigenvalue weighted by atomic mass is 10.1. The first kappa shape index (κ1) is 14.4. The molecule has 0 aromatic heterocycles. The maximum atomic E-state index is 11.0. The summed E-state index contributed by atoms with van der Waals surface area (Å²) in [6.07, 6.45) is -2.39. The number of rotatable bonds is 3. The van der Waals surface area contributed by atoms with E-state index in [2.05, 4.69) is 0 Å². The Morgan fingerprint density at radius 2 is 1.22 bits per heavy atom. The molecule has 1 aliphatic heterocycles. The van der Waals surface area contributed by atoms with Crippen LogP contribution in [0.15, 0.2) is 0 Å². The molecule has 1 rings (SSSR count). The summed E-state index contributed by atoms with van der Waals surface area (Å²) in [5.41, 5.74) is 0. The van der Waals surface area contributed by atoms with E-state index in [4.69, 9.17) is 18.9 Å². The van der Waals surface area contributed by atoms with Gasteiger partial charge in [0, 0.05) is 20.8 Å². The van der Waals surface area contributed by atoms with E-state index in [9.17, 15) is 14.4 Å². The van der Waals surface area contributed by atoms with Gasteiger partial charge in [-0.05, 0) is 0 Å². The smallest absolute Gasteiger partial charge is 0.303 e. The monoisotopic (exact) mass is 260 g/mol. The third-order valence-electron chi connectivity index (χ3n) is 2.23. The van der Waals surface area contributed by atoms with Crippen LogP contribution in [0.1, 0.15) is 20.8 Å². The van der Waals surface area contributed by atoms with E-state index in [0.717, 1.165) is 0 Å². The van der Waals surface area contributed by atoms with Crippen molar-refractivity contribution in [3.63, 3.8) is 0 Å². The van der Waals surface area contributed by atoms with E-state index in [1.807, 2.05) is 0 Å². The lowest BCUT2D eigenvalue weighted by molar-refractivity contribution is -0.208. The molecule has 18 heavy (non-hydrogen) atoms. The summed E-state index contributed by atoms with van der Waals surface area (Å²) >= 11 is 0. The van der Waals surface area contributed by atoms with Gasteiger partial charge in [-0.1, -0.05) is 0 Å². The minimum Gasteiger partial charge on any atom is -0.456 e. The third-order valence-corrected chi connectivity index (χ3v) is 2.23. The third kappa shape index (κ3) is 4.33. The molecule has 102 valence electrons. The van der Waals surface area contributed by atoms with Gasteiger partial charge in [-0.2, -0.15) is 0 Å². The fourth-order valence-corrected chi connectivity index (χ4v) is 1.70. The van der Waals surface area contributed by atoms with E-state index in [0.29, 0.717) is 0 Å². The summed E-state index contributed by atoms with van der Waals surface area (Å²) in [4.78, 5) is 32.9. The van der Waals surface area contributed by atoms with Gasteiger partial charge < -0.3 is 18.9 Å². The van der Waals surface area contributed by atoms with Gasteiger partial charge in [0.05, 0.1) is 13.2 Å². The topological polar surface area (TPSA) is 88.1 Å². The fraction of sp³-hybridized carbons (Fsp3) is 0.727. The van der Waals surface area contributed by atoms with Crippen molar-refractivity contribution in [1.82, 2.24) is 0 Å². The average molecular weight is 260 g/mol. The first-order chi connectivity index (χ1) is 8.40. The molecule has 0 amide bonds. The molecule has 2 unspecified atom stereocenters. The minimum absolute atomic E-state index is 0.0926. The molecule has 1 saturated heterocycles. The van der Waals surface area contributed by atoms with E-state index in [-0.39, 0.29) is 13.2 Å². The second-order valence-corrected chi connectivity index (χ2v) is 3.91. The van der Waals surface area contributed by atoms with Gasteiger partial charge in [0.1, 0.15) is 0 Å². The van der Waals surface area contributed by atoms with Gasteiger partial charge in [0.2, 0.25) is 0 Å². The van der Waals surface area contributed by atoms with E-state index in [1.165, 1.54) is 20.8 Å². The van der Waals surface area contributed by atoms with E-state index >= 15 is 0 Å². The normalized spacial score (nSPS) is 27.2. The van der Waals surface area contributed by atoms with Gasteiger partial charge in [-0.3, -0.25) is 14.4 Å². The van der Waals surface area contributed by atoms with Crippen LogP contribution in [0.2, 0.25) is 0 Å². The molecule has 1 aliphatic rings. The second-order valence-electron chi connectivity index (χ2n) is 3.91. The number of hydrogen-bond donors (Lipinski definition) is 0. The maximum Gasteiger partial charge on any atom is 0.303 e. The molecule has 0 radical (unpaired) electrons. The first-order valence-electron chi connectivity index (χ1n) is 5.49. The number of esters is 3. The molecule has 0 spiro atoms. The molecule has 0 aromatic rings. The molecule has 2 atom stereocenters. The Kier molecular flexibility index (Phi) is 5.08. The van der Waals surface area contributed by atoms with E-state index < -0.39 is 36.2 Å². The van der Waals surface area contributed by atoms with Gasteiger partial charge in [-0.25, -0.2) is 0 Å². The van der Waals surface area contributed by atoms with Crippen LogP contribution in [0.3, 0.4) is 0 Å². The summed E-state index contributed by atoms with van der Waals surface area (Å²) in [5.74, 6) is -1.59. The summed E-state index contributed by atoms with van der Waals surface area (Å²) in [7, 11) is 0. The Bertz CT molecular complexity index is 314. The van der Waals surface area contributed by atoms with Gasteiger partial charge in [0.15, 0.2) is 18.3 Å². The highest BCUT2D eigenvalue weighted by atomic mass is 16.6. The van der Waals surface area contributed by atoms with Crippen molar-refractivity contribution >= 4 is 17.9 Å². The zero-order chi connectivity index (χ0) is 13.7. The molecule has 0 bridgehead atoms. The molecule has 0 N–H and O–H groups in total. The van der Waals surface area contributed by atoms with Crippen LogP contribution >= 0.6 is 0 Å². The van der Waals surface area contributed by atoms with Crippen LogP contribution in [-0.2, 0) is 33.3 Å². The van der Waals surface area contributed by atoms with Crippen molar-refractivity contribution in [3.05, 3.63) is 0 Å². The van der Waals surface area contributed by atoms with Gasteiger partial charge >= 0.3 is 17.9 Å². The van der Waals surface area contributed by atoms with Crippen LogP contribution in [-0.4, -0.2) is 49.4 Å². The van der Waals surface area contributed by atoms with Gasteiger partial charge in [-0.15, -0.1) is 0 Å². The molecule has 0 aromatic carbocycles. The average Bonchev–Trinajstić information content (AvgIpc) is 2.20. The Morgan fingerprint density at radius 1 is 0.833 bits per heavy atom. The van der Waals surface area contributed by atoms with Crippen LogP contribution in [0.25, 0.3) is 0 Å². The van der Waals surface area contributed by atoms with Crippen molar-refractivity contribution in [1.29, 1.82) is 0 Å². The molecule has 7 nitrogen and oxygen atoms in total. The SMILES string of the molecule is CC(=O)OC1COCC(OC(C)=O)C1OC(C)=O. The summed E-state index contributed by atoms with van der Waals surface area (Å²) in [5, 5.41) is 0. The Morgan fingerprint density at radius 3 is 1.56 bits per heavy atom. The number of ether oxygens (including phenoxy) is 4. The fourth-order valence-electron chi connectivity index (χ4n) is 1.70. The number of carbonyl (C=O) groups excluding carboxylic acids is 3. The summed E-state index contributed by atoms with van der Waals surface area (Å²) < 4.78 is 20.2. The van der Waals surface area contributed by atoms with E-state index in [1.54, 1.807) is 0 Å². The highest BCUT2D eigenvalue weighted by molar-refractivity contribution is 5.68. The van der Waals surface area contributed by atoms with Crippen molar-refractivity contribution in [2.75, 3.05) is 13.2 Å². The Hall–Kier alpha value is -1.63. The zero-order valence-corrected chi connectivity index (χ0v) is 10.5. The van der Waals surface area contributed by atoms with Crippen LogP contribution in [0.4, 0.5) is 0 Å². The zero-order valence-electron chi connectivity index (χ0n) is 10.5. The minimum atomic E-state index is -0.843. The molecule has 7 heteroatoms. The molecular weight excluding hydrogens is 244 g/mol. The number of carbonyl (C=O) groups is 3. The summed E-state index contributed by atoms with van der Waals surface area (Å²) in [6, 6.07) is 0. The highest BCUT2D eigenvalue weighted by Gasteiger charge is 2.40. The van der Waals surface area contributed by atoms with Crippen molar-refractivity contribution < 1.29 is 33.3 Å². The molecule has 0 aliphatic carbocycles. The lowest BCUT2D eigenvalue weighted by Gasteiger charge is -2.35. The highest BCUT2D eigenvalue weighted by Crippen LogP contribution is 2.19. The molecule has 0 saturated carbocycles. The molecule has 1 fully saturated rings. The molecule has 1 heterocycles.